The number of hydrogen-bond donors (Lipinski definition) is 1. The number of rotatable bonds is 7. The van der Waals surface area contributed by atoms with Gasteiger partial charge in [-0.3, -0.25) is 14.9 Å². The second-order valence-electron chi connectivity index (χ2n) is 5.87. The topological polar surface area (TPSA) is 112 Å². The normalized spacial score (nSPS) is 11.0. The van der Waals surface area contributed by atoms with Crippen molar-refractivity contribution in [2.75, 3.05) is 14.2 Å². The number of ether oxygens (including phenoxy) is 2. The standard InChI is InChI=1S/C21H19N3O4/c1-27-17-9-6-10-18(28-2)20(17)21(26)24-19(25)11-16(15(12-22)13-23)14-7-4-3-5-8-14/h3-10,15-16H,11H2,1-2H3,(H,24,25,26)/t16-/m0/s1. The molecule has 7 nitrogen and oxygen atoms in total. The summed E-state index contributed by atoms with van der Waals surface area (Å²) in [6.45, 7) is 0. The highest BCUT2D eigenvalue weighted by Gasteiger charge is 2.27. The van der Waals surface area contributed by atoms with Crippen LogP contribution in [-0.4, -0.2) is 26.0 Å². The zero-order chi connectivity index (χ0) is 20.5. The maximum absolute atomic E-state index is 12.6. The molecule has 2 aromatic rings. The summed E-state index contributed by atoms with van der Waals surface area (Å²) in [5.74, 6) is -2.46. The molecule has 2 rings (SSSR count). The van der Waals surface area contributed by atoms with Crippen molar-refractivity contribution in [3.05, 3.63) is 59.7 Å². The predicted octanol–water partition coefficient (Wildman–Crippen LogP) is 2.80. The molecule has 0 radical (unpaired) electrons. The van der Waals surface area contributed by atoms with E-state index >= 15 is 0 Å². The Balaban J connectivity index is 2.23. The van der Waals surface area contributed by atoms with E-state index in [9.17, 15) is 20.1 Å². The average Bonchev–Trinajstić information content (AvgIpc) is 2.73. The van der Waals surface area contributed by atoms with Gasteiger partial charge in [-0.1, -0.05) is 36.4 Å². The summed E-state index contributed by atoms with van der Waals surface area (Å²) in [6.07, 6.45) is -0.195. The third kappa shape index (κ3) is 4.66. The van der Waals surface area contributed by atoms with Crippen molar-refractivity contribution in [2.24, 2.45) is 5.92 Å². The third-order valence-electron chi connectivity index (χ3n) is 4.22. The Morgan fingerprint density at radius 2 is 1.54 bits per heavy atom. The molecule has 0 bridgehead atoms. The van der Waals surface area contributed by atoms with E-state index in [1.54, 1.807) is 48.5 Å². The van der Waals surface area contributed by atoms with Gasteiger partial charge in [-0.2, -0.15) is 10.5 Å². The van der Waals surface area contributed by atoms with E-state index < -0.39 is 23.7 Å². The summed E-state index contributed by atoms with van der Waals surface area (Å²) >= 11 is 0. The van der Waals surface area contributed by atoms with Crippen molar-refractivity contribution in [1.29, 1.82) is 10.5 Å². The maximum Gasteiger partial charge on any atom is 0.265 e. The Labute approximate surface area is 163 Å². The van der Waals surface area contributed by atoms with Gasteiger partial charge in [0.1, 0.15) is 23.0 Å². The van der Waals surface area contributed by atoms with E-state index in [1.807, 2.05) is 12.1 Å². The van der Waals surface area contributed by atoms with E-state index in [4.69, 9.17) is 9.47 Å². The summed E-state index contributed by atoms with van der Waals surface area (Å²) < 4.78 is 10.4. The highest BCUT2D eigenvalue weighted by Crippen LogP contribution is 2.29. The van der Waals surface area contributed by atoms with Gasteiger partial charge in [0.15, 0.2) is 0 Å². The minimum absolute atomic E-state index is 0.0919. The molecule has 0 aliphatic rings. The van der Waals surface area contributed by atoms with Gasteiger partial charge in [-0.25, -0.2) is 0 Å². The number of nitrogens with zero attached hydrogens (tertiary/aromatic N) is 2. The molecule has 0 aliphatic heterocycles. The van der Waals surface area contributed by atoms with Crippen LogP contribution in [0.4, 0.5) is 0 Å². The second-order valence-corrected chi connectivity index (χ2v) is 5.87. The van der Waals surface area contributed by atoms with Crippen molar-refractivity contribution < 1.29 is 19.1 Å². The van der Waals surface area contributed by atoms with Crippen LogP contribution in [0.2, 0.25) is 0 Å². The lowest BCUT2D eigenvalue weighted by Gasteiger charge is -2.18. The van der Waals surface area contributed by atoms with Crippen LogP contribution in [0.25, 0.3) is 0 Å². The molecule has 1 atom stereocenters. The van der Waals surface area contributed by atoms with Crippen LogP contribution in [0.3, 0.4) is 0 Å². The number of methoxy groups -OCH3 is 2. The lowest BCUT2D eigenvalue weighted by atomic mass is 9.85. The highest BCUT2D eigenvalue weighted by atomic mass is 16.5. The van der Waals surface area contributed by atoms with Gasteiger partial charge >= 0.3 is 0 Å². The zero-order valence-electron chi connectivity index (χ0n) is 15.5. The Bertz CT molecular complexity index is 893. The van der Waals surface area contributed by atoms with Gasteiger partial charge in [-0.05, 0) is 17.7 Å². The summed E-state index contributed by atoms with van der Waals surface area (Å²) in [7, 11) is 2.81. The molecule has 0 fully saturated rings. The lowest BCUT2D eigenvalue weighted by Crippen LogP contribution is -2.33. The first-order valence-corrected chi connectivity index (χ1v) is 8.45. The van der Waals surface area contributed by atoms with Crippen molar-refractivity contribution >= 4 is 11.8 Å². The Morgan fingerprint density at radius 3 is 2.04 bits per heavy atom. The molecule has 0 aliphatic carbocycles. The molecule has 28 heavy (non-hydrogen) atoms. The molecule has 0 heterocycles. The van der Waals surface area contributed by atoms with Gasteiger partial charge in [0.05, 0.1) is 26.4 Å². The van der Waals surface area contributed by atoms with Crippen LogP contribution >= 0.6 is 0 Å². The molecule has 7 heteroatoms. The number of hydrogen-bond acceptors (Lipinski definition) is 6. The predicted molar refractivity (Wildman–Crippen MR) is 101 cm³/mol. The molecule has 2 amide bonds. The van der Waals surface area contributed by atoms with E-state index in [-0.39, 0.29) is 23.5 Å². The second kappa shape index (κ2) is 9.75. The number of nitriles is 2. The van der Waals surface area contributed by atoms with Gasteiger partial charge in [-0.15, -0.1) is 0 Å². The van der Waals surface area contributed by atoms with E-state index in [0.717, 1.165) is 0 Å². The molecule has 0 spiro atoms. The smallest absolute Gasteiger partial charge is 0.265 e. The SMILES string of the molecule is COc1cccc(OC)c1C(=O)NC(=O)C[C@@H](c1ccccc1)C(C#N)C#N. The minimum Gasteiger partial charge on any atom is -0.496 e. The van der Waals surface area contributed by atoms with Gasteiger partial charge in [0, 0.05) is 12.3 Å². The van der Waals surface area contributed by atoms with Crippen LogP contribution < -0.4 is 14.8 Å². The Kier molecular flexibility index (Phi) is 7.13. The highest BCUT2D eigenvalue weighted by molar-refractivity contribution is 6.08. The fourth-order valence-electron chi connectivity index (χ4n) is 2.85. The van der Waals surface area contributed by atoms with Crippen LogP contribution in [0.1, 0.15) is 28.3 Å². The third-order valence-corrected chi connectivity index (χ3v) is 4.22. The molecule has 0 aromatic heterocycles. The van der Waals surface area contributed by atoms with Crippen LogP contribution in [0.15, 0.2) is 48.5 Å². The number of imide groups is 1. The molecule has 0 unspecified atom stereocenters. The minimum atomic E-state index is -1.02. The largest absolute Gasteiger partial charge is 0.496 e. The molecule has 142 valence electrons. The summed E-state index contributed by atoms with van der Waals surface area (Å²) in [5.41, 5.74) is 0.766. The molecule has 0 saturated heterocycles. The van der Waals surface area contributed by atoms with Crippen molar-refractivity contribution in [1.82, 2.24) is 5.32 Å². The molecular weight excluding hydrogens is 358 g/mol. The van der Waals surface area contributed by atoms with Crippen molar-refractivity contribution in [3.8, 4) is 23.6 Å². The van der Waals surface area contributed by atoms with Crippen LogP contribution in [-0.2, 0) is 4.79 Å². The molecule has 2 aromatic carbocycles. The Morgan fingerprint density at radius 1 is 0.964 bits per heavy atom. The first-order chi connectivity index (χ1) is 13.5. The first-order valence-electron chi connectivity index (χ1n) is 8.45. The van der Waals surface area contributed by atoms with Crippen molar-refractivity contribution in [3.63, 3.8) is 0 Å². The molecular formula is C21H19N3O4. The quantitative estimate of drug-likeness (QED) is 0.794. The Hall–Kier alpha value is -3.84. The summed E-state index contributed by atoms with van der Waals surface area (Å²) in [4.78, 5) is 25.1. The number of benzene rings is 2. The fourth-order valence-corrected chi connectivity index (χ4v) is 2.85. The maximum atomic E-state index is 12.6. The van der Waals surface area contributed by atoms with E-state index in [1.165, 1.54) is 14.2 Å². The van der Waals surface area contributed by atoms with Gasteiger partial charge < -0.3 is 9.47 Å². The van der Waals surface area contributed by atoms with Gasteiger partial charge in [0.2, 0.25) is 5.91 Å². The fraction of sp³-hybridized carbons (Fsp3) is 0.238. The lowest BCUT2D eigenvalue weighted by molar-refractivity contribution is -0.120. The monoisotopic (exact) mass is 377 g/mol. The first kappa shape index (κ1) is 20.5. The number of carbonyl (C=O) groups is 2. The van der Waals surface area contributed by atoms with E-state index in [0.29, 0.717) is 5.56 Å². The van der Waals surface area contributed by atoms with E-state index in [2.05, 4.69) is 5.32 Å². The summed E-state index contributed by atoms with van der Waals surface area (Å²) in [6, 6.07) is 17.4. The summed E-state index contributed by atoms with van der Waals surface area (Å²) in [5, 5.41) is 20.8. The molecule has 1 N–H and O–H groups in total. The number of carbonyl (C=O) groups excluding carboxylic acids is 2. The molecule has 0 saturated carbocycles. The number of amides is 2. The number of nitrogens with one attached hydrogen (secondary N) is 1. The zero-order valence-corrected chi connectivity index (χ0v) is 15.5. The average molecular weight is 377 g/mol. The van der Waals surface area contributed by atoms with Crippen molar-refractivity contribution in [2.45, 2.75) is 12.3 Å². The van der Waals surface area contributed by atoms with Crippen LogP contribution in [0, 0.1) is 28.6 Å². The van der Waals surface area contributed by atoms with Gasteiger partial charge in [0.25, 0.3) is 5.91 Å². The van der Waals surface area contributed by atoms with Crippen LogP contribution in [0.5, 0.6) is 11.5 Å².